The van der Waals surface area contributed by atoms with E-state index in [-0.39, 0.29) is 23.9 Å². The maximum Gasteiger partial charge on any atom is 0.251 e. The maximum atomic E-state index is 12.2. The Kier molecular flexibility index (Phi) is 6.33. The Morgan fingerprint density at radius 2 is 1.64 bits per heavy atom. The molecule has 6 heteroatoms. The van der Waals surface area contributed by atoms with Crippen LogP contribution < -0.4 is 10.0 Å². The van der Waals surface area contributed by atoms with Crippen molar-refractivity contribution in [3.05, 3.63) is 64.7 Å². The van der Waals surface area contributed by atoms with E-state index in [2.05, 4.69) is 10.0 Å². The molecule has 0 unspecified atom stereocenters. The highest BCUT2D eigenvalue weighted by Gasteiger charge is 2.13. The third-order valence-corrected chi connectivity index (χ3v) is 5.59. The second kappa shape index (κ2) is 8.27. The van der Waals surface area contributed by atoms with Crippen molar-refractivity contribution in [3.8, 4) is 0 Å². The minimum Gasteiger partial charge on any atom is -0.351 e. The minimum atomic E-state index is -3.56. The van der Waals surface area contributed by atoms with E-state index in [4.69, 9.17) is 0 Å². The average molecular weight is 360 g/mol. The maximum absolute atomic E-state index is 12.2. The molecule has 2 aromatic rings. The molecule has 0 atom stereocenters. The first-order chi connectivity index (χ1) is 11.8. The van der Waals surface area contributed by atoms with Crippen molar-refractivity contribution in [2.75, 3.05) is 13.1 Å². The van der Waals surface area contributed by atoms with E-state index >= 15 is 0 Å². The van der Waals surface area contributed by atoms with E-state index in [0.717, 1.165) is 23.1 Å². The van der Waals surface area contributed by atoms with Crippen molar-refractivity contribution in [3.63, 3.8) is 0 Å². The van der Waals surface area contributed by atoms with Crippen molar-refractivity contribution < 1.29 is 13.2 Å². The zero-order valence-corrected chi connectivity index (χ0v) is 15.6. The fourth-order valence-corrected chi connectivity index (χ4v) is 3.37. The van der Waals surface area contributed by atoms with E-state index in [9.17, 15) is 13.2 Å². The highest BCUT2D eigenvalue weighted by molar-refractivity contribution is 7.89. The number of amides is 1. The van der Waals surface area contributed by atoms with E-state index in [1.165, 1.54) is 0 Å². The summed E-state index contributed by atoms with van der Waals surface area (Å²) in [6.07, 6.45) is 0.859. The molecule has 0 aromatic heterocycles. The van der Waals surface area contributed by atoms with Crippen molar-refractivity contribution in [2.24, 2.45) is 0 Å². The summed E-state index contributed by atoms with van der Waals surface area (Å²) in [6.45, 7) is 6.30. The summed E-state index contributed by atoms with van der Waals surface area (Å²) in [6, 6.07) is 12.3. The highest BCUT2D eigenvalue weighted by atomic mass is 32.2. The van der Waals surface area contributed by atoms with Crippen LogP contribution in [0.2, 0.25) is 0 Å². The first kappa shape index (κ1) is 19.1. The van der Waals surface area contributed by atoms with Gasteiger partial charge in [0.15, 0.2) is 0 Å². The SMILES string of the molecule is CCc1ccc(S(=O)(=O)NCCNC(=O)c2ccc(C)c(C)c2)cc1. The molecule has 2 aromatic carbocycles. The van der Waals surface area contributed by atoms with Crippen LogP contribution in [-0.4, -0.2) is 27.4 Å². The Bertz CT molecular complexity index is 843. The lowest BCUT2D eigenvalue weighted by atomic mass is 10.1. The number of carbonyl (C=O) groups excluding carboxylic acids is 1. The van der Waals surface area contributed by atoms with Gasteiger partial charge in [-0.2, -0.15) is 0 Å². The predicted octanol–water partition coefficient (Wildman–Crippen LogP) is 2.57. The molecule has 25 heavy (non-hydrogen) atoms. The summed E-state index contributed by atoms with van der Waals surface area (Å²) in [7, 11) is -3.56. The topological polar surface area (TPSA) is 75.3 Å². The molecular weight excluding hydrogens is 336 g/mol. The molecule has 2 N–H and O–H groups in total. The largest absolute Gasteiger partial charge is 0.351 e. The summed E-state index contributed by atoms with van der Waals surface area (Å²) in [4.78, 5) is 12.3. The Morgan fingerprint density at radius 3 is 2.24 bits per heavy atom. The number of rotatable bonds is 7. The van der Waals surface area contributed by atoms with Crippen molar-refractivity contribution in [1.82, 2.24) is 10.0 Å². The van der Waals surface area contributed by atoms with Gasteiger partial charge in [0.1, 0.15) is 0 Å². The molecule has 0 saturated heterocycles. The zero-order valence-electron chi connectivity index (χ0n) is 14.8. The van der Waals surface area contributed by atoms with Crippen molar-refractivity contribution >= 4 is 15.9 Å². The molecule has 2 rings (SSSR count). The smallest absolute Gasteiger partial charge is 0.251 e. The number of aryl methyl sites for hydroxylation is 3. The molecular formula is C19H24N2O3S. The third kappa shape index (κ3) is 5.14. The van der Waals surface area contributed by atoms with Crippen LogP contribution in [0, 0.1) is 13.8 Å². The van der Waals surface area contributed by atoms with Crippen LogP contribution >= 0.6 is 0 Å². The van der Waals surface area contributed by atoms with Gasteiger partial charge < -0.3 is 5.32 Å². The van der Waals surface area contributed by atoms with Crippen molar-refractivity contribution in [1.29, 1.82) is 0 Å². The minimum absolute atomic E-state index is 0.133. The first-order valence-corrected chi connectivity index (χ1v) is 9.76. The molecule has 134 valence electrons. The summed E-state index contributed by atoms with van der Waals surface area (Å²) in [5, 5.41) is 2.72. The van der Waals surface area contributed by atoms with Crippen LogP contribution in [0.5, 0.6) is 0 Å². The third-order valence-electron chi connectivity index (χ3n) is 4.11. The number of benzene rings is 2. The van der Waals surface area contributed by atoms with Crippen LogP contribution in [-0.2, 0) is 16.4 Å². The number of hydrogen-bond acceptors (Lipinski definition) is 3. The van der Waals surface area contributed by atoms with Gasteiger partial charge in [-0.15, -0.1) is 0 Å². The Hall–Kier alpha value is -2.18. The first-order valence-electron chi connectivity index (χ1n) is 8.27. The second-order valence-electron chi connectivity index (χ2n) is 5.95. The zero-order chi connectivity index (χ0) is 18.4. The molecule has 0 bridgehead atoms. The van der Waals surface area contributed by atoms with E-state index < -0.39 is 10.0 Å². The molecule has 1 amide bonds. The molecule has 0 heterocycles. The normalized spacial score (nSPS) is 11.3. The van der Waals surface area contributed by atoms with E-state index in [1.807, 2.05) is 32.9 Å². The number of hydrogen-bond donors (Lipinski definition) is 2. The van der Waals surface area contributed by atoms with Gasteiger partial charge in [-0.3, -0.25) is 4.79 Å². The summed E-state index contributed by atoms with van der Waals surface area (Å²) < 4.78 is 26.9. The fourth-order valence-electron chi connectivity index (χ4n) is 2.33. The molecule has 0 aliphatic carbocycles. The lowest BCUT2D eigenvalue weighted by Gasteiger charge is -2.09. The van der Waals surface area contributed by atoms with Gasteiger partial charge in [-0.25, -0.2) is 13.1 Å². The lowest BCUT2D eigenvalue weighted by molar-refractivity contribution is 0.0954. The highest BCUT2D eigenvalue weighted by Crippen LogP contribution is 2.11. The van der Waals surface area contributed by atoms with Crippen LogP contribution in [0.3, 0.4) is 0 Å². The van der Waals surface area contributed by atoms with Gasteiger partial charge in [-0.1, -0.05) is 25.1 Å². The van der Waals surface area contributed by atoms with Gasteiger partial charge in [0.25, 0.3) is 5.91 Å². The van der Waals surface area contributed by atoms with Gasteiger partial charge in [-0.05, 0) is 61.2 Å². The van der Waals surface area contributed by atoms with Gasteiger partial charge in [0.2, 0.25) is 10.0 Å². The van der Waals surface area contributed by atoms with Crippen LogP contribution in [0.1, 0.15) is 34.0 Å². The van der Waals surface area contributed by atoms with Gasteiger partial charge >= 0.3 is 0 Å². The fraction of sp³-hybridized carbons (Fsp3) is 0.316. The number of sulfonamides is 1. The molecule has 0 aliphatic heterocycles. The van der Waals surface area contributed by atoms with Crippen LogP contribution in [0.15, 0.2) is 47.4 Å². The summed E-state index contributed by atoms with van der Waals surface area (Å²) in [5.74, 6) is -0.213. The Balaban J connectivity index is 1.86. The Labute approximate surface area is 149 Å². The van der Waals surface area contributed by atoms with Gasteiger partial charge in [0, 0.05) is 18.7 Å². The molecule has 5 nitrogen and oxygen atoms in total. The summed E-state index contributed by atoms with van der Waals surface area (Å²) >= 11 is 0. The lowest BCUT2D eigenvalue weighted by Crippen LogP contribution is -2.34. The molecule has 0 spiro atoms. The van der Waals surface area contributed by atoms with E-state index in [1.54, 1.807) is 30.3 Å². The second-order valence-corrected chi connectivity index (χ2v) is 7.72. The van der Waals surface area contributed by atoms with Crippen LogP contribution in [0.25, 0.3) is 0 Å². The molecule has 0 saturated carbocycles. The summed E-state index contributed by atoms with van der Waals surface area (Å²) in [5.41, 5.74) is 3.82. The predicted molar refractivity (Wildman–Crippen MR) is 99.3 cm³/mol. The Morgan fingerprint density at radius 1 is 0.960 bits per heavy atom. The number of nitrogens with one attached hydrogen (secondary N) is 2. The molecule has 0 fully saturated rings. The van der Waals surface area contributed by atoms with Gasteiger partial charge in [0.05, 0.1) is 4.90 Å². The monoisotopic (exact) mass is 360 g/mol. The standard InChI is InChI=1S/C19H24N2O3S/c1-4-16-6-9-18(10-7-16)25(23,24)21-12-11-20-19(22)17-8-5-14(2)15(3)13-17/h5-10,13,21H,4,11-12H2,1-3H3,(H,20,22). The average Bonchev–Trinajstić information content (AvgIpc) is 2.61. The molecule has 0 aliphatic rings. The number of carbonyl (C=O) groups is 1. The van der Waals surface area contributed by atoms with Crippen molar-refractivity contribution in [2.45, 2.75) is 32.1 Å². The molecule has 0 radical (unpaired) electrons. The quantitative estimate of drug-likeness (QED) is 0.745. The van der Waals surface area contributed by atoms with E-state index in [0.29, 0.717) is 5.56 Å². The van der Waals surface area contributed by atoms with Crippen LogP contribution in [0.4, 0.5) is 0 Å².